The molecule has 2 nitrogen and oxygen atoms in total. The third-order valence-electron chi connectivity index (χ3n) is 5.20. The Labute approximate surface area is 172 Å². The molecule has 2 N–H and O–H groups in total. The molecule has 0 saturated carbocycles. The zero-order valence-corrected chi connectivity index (χ0v) is 17.0. The number of benzene rings is 4. The molecule has 29 heavy (non-hydrogen) atoms. The lowest BCUT2D eigenvalue weighted by molar-refractivity contribution is 0.102. The van der Waals surface area contributed by atoms with Crippen LogP contribution in [-0.2, 0) is 0 Å². The van der Waals surface area contributed by atoms with Crippen molar-refractivity contribution in [2.75, 3.05) is 11.9 Å². The highest BCUT2D eigenvalue weighted by Gasteiger charge is 2.47. The summed E-state index contributed by atoms with van der Waals surface area (Å²) in [6.07, 6.45) is 0.439. The maximum Gasteiger partial charge on any atom is 0.201 e. The molecule has 0 unspecified atom stereocenters. The fourth-order valence-corrected chi connectivity index (χ4v) is 7.84. The molecule has 4 aromatic rings. The number of carbonyl (C=O) groups excluding carboxylic acids is 1. The molecule has 0 aliphatic rings. The van der Waals surface area contributed by atoms with Gasteiger partial charge in [-0.2, -0.15) is 0 Å². The van der Waals surface area contributed by atoms with Crippen molar-refractivity contribution in [3.8, 4) is 0 Å². The summed E-state index contributed by atoms with van der Waals surface area (Å²) >= 11 is 0. The number of anilines is 1. The van der Waals surface area contributed by atoms with Crippen LogP contribution < -0.4 is 21.6 Å². The molecule has 0 aliphatic heterocycles. The quantitative estimate of drug-likeness (QED) is 0.297. The number of rotatable bonds is 6. The highest BCUT2D eigenvalue weighted by molar-refractivity contribution is 7.96. The molecule has 0 radical (unpaired) electrons. The smallest absolute Gasteiger partial charge is 0.201 e. The fraction of sp³-hybridized carbons (Fsp3) is 0.0385. The topological polar surface area (TPSA) is 43.1 Å². The van der Waals surface area contributed by atoms with Crippen LogP contribution in [0.25, 0.3) is 0 Å². The van der Waals surface area contributed by atoms with Gasteiger partial charge in [0.2, 0.25) is 5.78 Å². The lowest BCUT2D eigenvalue weighted by atomic mass is 10.1. The number of hydrogen-bond acceptors (Lipinski definition) is 2. The summed E-state index contributed by atoms with van der Waals surface area (Å²) in [6.45, 7) is 0. The summed E-state index contributed by atoms with van der Waals surface area (Å²) in [5, 5.41) is 3.63. The first-order valence-corrected chi connectivity index (χ1v) is 11.6. The van der Waals surface area contributed by atoms with Crippen LogP contribution in [0, 0.1) is 0 Å². The number of ketones is 1. The van der Waals surface area contributed by atoms with E-state index in [9.17, 15) is 4.79 Å². The van der Waals surface area contributed by atoms with E-state index in [1.165, 1.54) is 15.9 Å². The van der Waals surface area contributed by atoms with E-state index in [0.29, 0.717) is 17.4 Å². The summed E-state index contributed by atoms with van der Waals surface area (Å²) in [5.41, 5.74) is 7.19. The highest BCUT2D eigenvalue weighted by Crippen LogP contribution is 2.55. The number of nitrogen functional groups attached to an aromatic ring is 1. The van der Waals surface area contributed by atoms with Crippen LogP contribution in [0.3, 0.4) is 0 Å². The lowest BCUT2D eigenvalue weighted by Crippen LogP contribution is -2.35. The van der Waals surface area contributed by atoms with Crippen molar-refractivity contribution in [3.05, 3.63) is 121 Å². The van der Waals surface area contributed by atoms with Gasteiger partial charge in [-0.15, -0.1) is 0 Å². The Kier molecular flexibility index (Phi) is 5.55. The molecule has 0 heterocycles. The van der Waals surface area contributed by atoms with E-state index in [1.807, 2.05) is 30.3 Å². The second kappa shape index (κ2) is 8.43. The molecule has 0 aliphatic carbocycles. The van der Waals surface area contributed by atoms with E-state index in [2.05, 4.69) is 72.8 Å². The van der Waals surface area contributed by atoms with Crippen molar-refractivity contribution in [1.82, 2.24) is 0 Å². The van der Waals surface area contributed by atoms with Gasteiger partial charge in [0.1, 0.15) is 29.3 Å². The van der Waals surface area contributed by atoms with Crippen molar-refractivity contribution >= 4 is 34.6 Å². The lowest BCUT2D eigenvalue weighted by Gasteiger charge is -2.27. The van der Waals surface area contributed by atoms with Crippen LogP contribution >= 0.6 is 7.26 Å². The zero-order valence-electron chi connectivity index (χ0n) is 16.1. The molecule has 0 amide bonds. The van der Waals surface area contributed by atoms with Crippen molar-refractivity contribution in [1.29, 1.82) is 0 Å². The molecule has 4 aromatic carbocycles. The van der Waals surface area contributed by atoms with Crippen LogP contribution in [0.4, 0.5) is 5.69 Å². The second-order valence-electron chi connectivity index (χ2n) is 7.02. The van der Waals surface area contributed by atoms with E-state index in [-0.39, 0.29) is 5.78 Å². The van der Waals surface area contributed by atoms with Crippen molar-refractivity contribution in [2.45, 2.75) is 0 Å². The van der Waals surface area contributed by atoms with Gasteiger partial charge in [-0.25, -0.2) is 0 Å². The Hall–Kier alpha value is -3.22. The van der Waals surface area contributed by atoms with Gasteiger partial charge in [-0.05, 0) is 60.7 Å². The summed E-state index contributed by atoms with van der Waals surface area (Å²) in [5.74, 6) is 0.134. The normalized spacial score (nSPS) is 11.2. The Balaban J connectivity index is 1.92. The van der Waals surface area contributed by atoms with Gasteiger partial charge in [0.25, 0.3) is 0 Å². The SMILES string of the molecule is Nc1ccc(C(=O)C[P+](c2ccccc2)(c2ccccc2)c2ccccc2)cc1. The standard InChI is InChI=1S/C26H22NOP/c27-22-18-16-21(17-19-22)26(28)20-29(23-10-4-1-5-11-23,24-12-6-2-7-13-24)25-14-8-3-9-15-25/h1-19H,20H2,(H-,27,28)/p+1. The van der Waals surface area contributed by atoms with E-state index < -0.39 is 7.26 Å². The van der Waals surface area contributed by atoms with Gasteiger partial charge in [-0.1, -0.05) is 54.6 Å². The molecule has 0 atom stereocenters. The molecular formula is C26H23NOP+. The minimum Gasteiger partial charge on any atom is -0.399 e. The van der Waals surface area contributed by atoms with Crippen molar-refractivity contribution < 1.29 is 4.79 Å². The van der Waals surface area contributed by atoms with Crippen molar-refractivity contribution in [2.24, 2.45) is 0 Å². The summed E-state index contributed by atoms with van der Waals surface area (Å²) in [7, 11) is -2.17. The maximum atomic E-state index is 13.5. The van der Waals surface area contributed by atoms with Crippen LogP contribution in [-0.4, -0.2) is 11.9 Å². The average molecular weight is 396 g/mol. The minimum absolute atomic E-state index is 0.134. The number of hydrogen-bond donors (Lipinski definition) is 1. The van der Waals surface area contributed by atoms with E-state index in [1.54, 1.807) is 12.1 Å². The first kappa shape index (κ1) is 19.1. The molecule has 142 valence electrons. The fourth-order valence-electron chi connectivity index (χ4n) is 3.74. The summed E-state index contributed by atoms with van der Waals surface area (Å²) in [6, 6.07) is 38.6. The Morgan fingerprint density at radius 2 is 0.966 bits per heavy atom. The Morgan fingerprint density at radius 3 is 1.34 bits per heavy atom. The van der Waals surface area contributed by atoms with E-state index in [4.69, 9.17) is 5.73 Å². The average Bonchev–Trinajstić information content (AvgIpc) is 2.79. The second-order valence-corrected chi connectivity index (χ2v) is 10.5. The minimum atomic E-state index is -2.17. The molecule has 3 heteroatoms. The molecular weight excluding hydrogens is 373 g/mol. The predicted octanol–water partition coefficient (Wildman–Crippen LogP) is 4.45. The van der Waals surface area contributed by atoms with Gasteiger partial charge in [-0.3, -0.25) is 4.79 Å². The van der Waals surface area contributed by atoms with Gasteiger partial charge >= 0.3 is 0 Å². The number of Topliss-reactive ketones (excluding diaryl/α,β-unsaturated/α-hetero) is 1. The van der Waals surface area contributed by atoms with Crippen LogP contribution in [0.15, 0.2) is 115 Å². The van der Waals surface area contributed by atoms with Gasteiger partial charge < -0.3 is 5.73 Å². The van der Waals surface area contributed by atoms with Crippen molar-refractivity contribution in [3.63, 3.8) is 0 Å². The maximum absolute atomic E-state index is 13.5. The van der Waals surface area contributed by atoms with Gasteiger partial charge in [0.15, 0.2) is 0 Å². The van der Waals surface area contributed by atoms with Crippen LogP contribution in [0.1, 0.15) is 10.4 Å². The summed E-state index contributed by atoms with van der Waals surface area (Å²) < 4.78 is 0. The van der Waals surface area contributed by atoms with E-state index in [0.717, 1.165) is 0 Å². The Morgan fingerprint density at radius 1 is 0.586 bits per heavy atom. The van der Waals surface area contributed by atoms with E-state index >= 15 is 0 Å². The molecule has 0 aromatic heterocycles. The van der Waals surface area contributed by atoms with Crippen LogP contribution in [0.5, 0.6) is 0 Å². The van der Waals surface area contributed by atoms with Gasteiger partial charge in [0.05, 0.1) is 0 Å². The highest BCUT2D eigenvalue weighted by atomic mass is 31.2. The number of nitrogens with two attached hydrogens (primary N) is 1. The molecule has 0 spiro atoms. The first-order chi connectivity index (χ1) is 14.2. The first-order valence-electron chi connectivity index (χ1n) is 9.64. The largest absolute Gasteiger partial charge is 0.399 e. The molecule has 0 bridgehead atoms. The summed E-state index contributed by atoms with van der Waals surface area (Å²) in [4.78, 5) is 13.5. The molecule has 0 saturated heterocycles. The molecule has 4 rings (SSSR count). The molecule has 0 fully saturated rings. The zero-order chi connectivity index (χ0) is 20.1. The third-order valence-corrected chi connectivity index (χ3v) is 9.50. The predicted molar refractivity (Wildman–Crippen MR) is 125 cm³/mol. The Bertz CT molecular complexity index is 981. The van der Waals surface area contributed by atoms with Gasteiger partial charge in [0, 0.05) is 11.3 Å². The number of carbonyl (C=O) groups is 1. The van der Waals surface area contributed by atoms with Crippen LogP contribution in [0.2, 0.25) is 0 Å². The third kappa shape index (κ3) is 3.85. The monoisotopic (exact) mass is 396 g/mol.